The molecule has 1 aliphatic heterocycles. The van der Waals surface area contributed by atoms with Gasteiger partial charge in [0.05, 0.1) is 6.33 Å². The molecule has 0 bridgehead atoms. The summed E-state index contributed by atoms with van der Waals surface area (Å²) < 4.78 is 6.98. The fourth-order valence-corrected chi connectivity index (χ4v) is 4.58. The molecule has 1 fully saturated rings. The van der Waals surface area contributed by atoms with Gasteiger partial charge in [-0.15, -0.1) is 0 Å². The second kappa shape index (κ2) is 13.6. The van der Waals surface area contributed by atoms with Crippen LogP contribution in [0.15, 0.2) is 42.9 Å². The number of likely N-dealkylation sites (tertiary alicyclic amines) is 1. The highest BCUT2D eigenvalue weighted by Gasteiger charge is 2.35. The van der Waals surface area contributed by atoms with Crippen LogP contribution < -0.4 is 16.0 Å². The van der Waals surface area contributed by atoms with Crippen molar-refractivity contribution in [2.45, 2.75) is 96.9 Å². The highest BCUT2D eigenvalue weighted by molar-refractivity contribution is 5.98. The second-order valence-corrected chi connectivity index (χ2v) is 12.0. The predicted molar refractivity (Wildman–Crippen MR) is 156 cm³/mol. The molecule has 1 saturated heterocycles. The van der Waals surface area contributed by atoms with Gasteiger partial charge < -0.3 is 30.2 Å². The van der Waals surface area contributed by atoms with Crippen molar-refractivity contribution in [2.75, 3.05) is 18.4 Å². The average Bonchev–Trinajstić information content (AvgIpc) is 3.58. The van der Waals surface area contributed by atoms with Gasteiger partial charge in [-0.05, 0) is 59.4 Å². The van der Waals surface area contributed by atoms with Gasteiger partial charge in [-0.25, -0.2) is 9.78 Å². The molecule has 4 amide bonds. The van der Waals surface area contributed by atoms with Crippen LogP contribution in [-0.4, -0.2) is 68.5 Å². The molecule has 2 heterocycles. The smallest absolute Gasteiger partial charge is 0.408 e. The molecular formula is C30H44N6O5. The van der Waals surface area contributed by atoms with Crippen LogP contribution in [0.3, 0.4) is 0 Å². The number of hydrogen-bond acceptors (Lipinski definition) is 6. The fraction of sp³-hybridized carbons (Fsp3) is 0.567. The van der Waals surface area contributed by atoms with E-state index in [1.165, 1.54) is 6.33 Å². The van der Waals surface area contributed by atoms with Gasteiger partial charge in [0.25, 0.3) is 0 Å². The number of nitrogens with zero attached hydrogens (tertiary/aromatic N) is 3. The number of nitrogens with one attached hydrogen (secondary N) is 3. The lowest BCUT2D eigenvalue weighted by Crippen LogP contribution is -2.58. The standard InChI is InChI=1S/C30H44N6O5/c1-7-8-16-22(32-27(39)30(5,6)34-28(40)41-29(2,3)4)25(37)33-23-19-36(20-31-23)24(21-14-10-9-11-15-21)26(38)35-17-12-13-18-35/h9-11,14-15,19-20,22,24H,7-8,12-13,16-18H2,1-6H3,(H,32,39)(H,33,37)(H,34,40)/t22-,24?/m1/s1. The van der Waals surface area contributed by atoms with E-state index in [1.54, 1.807) is 45.4 Å². The topological polar surface area (TPSA) is 135 Å². The quantitative estimate of drug-likeness (QED) is 0.375. The minimum absolute atomic E-state index is 0.0169. The zero-order chi connectivity index (χ0) is 30.2. The Morgan fingerprint density at radius 2 is 1.68 bits per heavy atom. The fourth-order valence-electron chi connectivity index (χ4n) is 4.58. The molecule has 1 aromatic carbocycles. The van der Waals surface area contributed by atoms with Gasteiger partial charge in [-0.3, -0.25) is 14.4 Å². The molecule has 2 aromatic rings. The Labute approximate surface area is 242 Å². The van der Waals surface area contributed by atoms with E-state index in [9.17, 15) is 19.2 Å². The Morgan fingerprint density at radius 1 is 1.02 bits per heavy atom. The van der Waals surface area contributed by atoms with Crippen LogP contribution in [0.5, 0.6) is 0 Å². The van der Waals surface area contributed by atoms with E-state index < -0.39 is 41.1 Å². The van der Waals surface area contributed by atoms with Crippen molar-refractivity contribution < 1.29 is 23.9 Å². The van der Waals surface area contributed by atoms with Crippen molar-refractivity contribution in [2.24, 2.45) is 0 Å². The Balaban J connectivity index is 1.73. The molecule has 1 unspecified atom stereocenters. The molecular weight excluding hydrogens is 524 g/mol. The van der Waals surface area contributed by atoms with E-state index >= 15 is 0 Å². The summed E-state index contributed by atoms with van der Waals surface area (Å²) in [5.41, 5.74) is -1.22. The van der Waals surface area contributed by atoms with Gasteiger partial charge in [-0.2, -0.15) is 0 Å². The number of alkyl carbamates (subject to hydrolysis) is 1. The first-order valence-corrected chi connectivity index (χ1v) is 14.3. The Bertz CT molecular complexity index is 1200. The Hall–Kier alpha value is -3.89. The van der Waals surface area contributed by atoms with Crippen molar-refractivity contribution in [1.82, 2.24) is 25.1 Å². The van der Waals surface area contributed by atoms with Gasteiger partial charge in [0.15, 0.2) is 5.82 Å². The lowest BCUT2D eigenvalue weighted by molar-refractivity contribution is -0.132. The number of rotatable bonds is 11. The third kappa shape index (κ3) is 9.06. The van der Waals surface area contributed by atoms with Crippen LogP contribution in [0.2, 0.25) is 0 Å². The third-order valence-electron chi connectivity index (χ3n) is 6.77. The van der Waals surface area contributed by atoms with Crippen molar-refractivity contribution in [1.29, 1.82) is 0 Å². The van der Waals surface area contributed by atoms with Crippen LogP contribution in [0, 0.1) is 0 Å². The van der Waals surface area contributed by atoms with Crippen LogP contribution >= 0.6 is 0 Å². The zero-order valence-electron chi connectivity index (χ0n) is 25.0. The molecule has 3 rings (SSSR count). The van der Waals surface area contributed by atoms with Gasteiger partial charge in [0, 0.05) is 19.3 Å². The van der Waals surface area contributed by atoms with Crippen LogP contribution in [0.4, 0.5) is 10.6 Å². The maximum absolute atomic E-state index is 13.5. The lowest BCUT2D eigenvalue weighted by atomic mass is 10.0. The minimum atomic E-state index is -1.33. The first-order valence-electron chi connectivity index (χ1n) is 14.3. The highest BCUT2D eigenvalue weighted by Crippen LogP contribution is 2.25. The zero-order valence-corrected chi connectivity index (χ0v) is 25.0. The summed E-state index contributed by atoms with van der Waals surface area (Å²) in [5, 5.41) is 8.14. The third-order valence-corrected chi connectivity index (χ3v) is 6.77. The average molecular weight is 569 g/mol. The molecule has 2 atom stereocenters. The normalized spacial score (nSPS) is 15.1. The van der Waals surface area contributed by atoms with E-state index in [0.29, 0.717) is 12.8 Å². The van der Waals surface area contributed by atoms with Crippen molar-refractivity contribution in [3.63, 3.8) is 0 Å². The number of benzene rings is 1. The summed E-state index contributed by atoms with van der Waals surface area (Å²) >= 11 is 0. The molecule has 0 aliphatic carbocycles. The summed E-state index contributed by atoms with van der Waals surface area (Å²) in [5.74, 6) is -0.707. The summed E-state index contributed by atoms with van der Waals surface area (Å²) in [4.78, 5) is 58.4. The second-order valence-electron chi connectivity index (χ2n) is 12.0. The first kappa shape index (κ1) is 31.6. The van der Waals surface area contributed by atoms with E-state index in [2.05, 4.69) is 20.9 Å². The van der Waals surface area contributed by atoms with Gasteiger partial charge >= 0.3 is 6.09 Å². The minimum Gasteiger partial charge on any atom is -0.444 e. The summed E-state index contributed by atoms with van der Waals surface area (Å²) in [6.45, 7) is 11.7. The number of carbonyl (C=O) groups is 4. The van der Waals surface area contributed by atoms with Crippen LogP contribution in [-0.2, 0) is 19.1 Å². The largest absolute Gasteiger partial charge is 0.444 e. The Morgan fingerprint density at radius 3 is 2.29 bits per heavy atom. The summed E-state index contributed by atoms with van der Waals surface area (Å²) in [6.07, 6.45) is 6.33. The number of hydrogen-bond donors (Lipinski definition) is 3. The SMILES string of the molecule is CCCC[C@@H](NC(=O)C(C)(C)NC(=O)OC(C)(C)C)C(=O)Nc1cn(C(C(=O)N2CCCC2)c2ccccc2)cn1. The number of amides is 4. The number of aromatic nitrogens is 2. The summed E-state index contributed by atoms with van der Waals surface area (Å²) in [7, 11) is 0. The molecule has 0 spiro atoms. The molecule has 11 nitrogen and oxygen atoms in total. The number of imidazole rings is 1. The van der Waals surface area contributed by atoms with Gasteiger partial charge in [0.2, 0.25) is 17.7 Å². The predicted octanol–water partition coefficient (Wildman–Crippen LogP) is 4.01. The molecule has 0 saturated carbocycles. The monoisotopic (exact) mass is 568 g/mol. The molecule has 224 valence electrons. The summed E-state index contributed by atoms with van der Waals surface area (Å²) in [6, 6.07) is 8.01. The molecule has 1 aliphatic rings. The van der Waals surface area contributed by atoms with Crippen molar-refractivity contribution in [3.8, 4) is 0 Å². The van der Waals surface area contributed by atoms with Gasteiger partial charge in [-0.1, -0.05) is 50.1 Å². The molecule has 1 aromatic heterocycles. The van der Waals surface area contributed by atoms with Crippen LogP contribution in [0.25, 0.3) is 0 Å². The first-order chi connectivity index (χ1) is 19.3. The van der Waals surface area contributed by atoms with E-state index in [0.717, 1.165) is 37.9 Å². The number of unbranched alkanes of at least 4 members (excludes halogenated alkanes) is 1. The highest BCUT2D eigenvalue weighted by atomic mass is 16.6. The van der Waals surface area contributed by atoms with E-state index in [-0.39, 0.29) is 11.7 Å². The molecule has 0 radical (unpaired) electrons. The van der Waals surface area contributed by atoms with Crippen LogP contribution in [0.1, 0.15) is 85.3 Å². The molecule has 3 N–H and O–H groups in total. The number of anilines is 1. The van der Waals surface area contributed by atoms with Crippen molar-refractivity contribution >= 4 is 29.6 Å². The molecule has 11 heteroatoms. The van der Waals surface area contributed by atoms with E-state index in [1.807, 2.05) is 42.2 Å². The maximum Gasteiger partial charge on any atom is 0.408 e. The Kier molecular flexibility index (Phi) is 10.5. The lowest BCUT2D eigenvalue weighted by Gasteiger charge is -2.29. The van der Waals surface area contributed by atoms with E-state index in [4.69, 9.17) is 4.74 Å². The number of ether oxygens (including phenoxy) is 1. The molecule has 41 heavy (non-hydrogen) atoms. The van der Waals surface area contributed by atoms with Gasteiger partial charge in [0.1, 0.15) is 23.2 Å². The maximum atomic E-state index is 13.5. The van der Waals surface area contributed by atoms with Crippen molar-refractivity contribution in [3.05, 3.63) is 48.4 Å². The number of carbonyl (C=O) groups excluding carboxylic acids is 4.